The van der Waals surface area contributed by atoms with E-state index in [2.05, 4.69) is 0 Å². The second-order valence-corrected chi connectivity index (χ2v) is 4.93. The number of unbranched alkanes of at least 4 members (excludes halogenated alkanes) is 3. The van der Waals surface area contributed by atoms with Crippen LogP contribution < -0.4 is 0 Å². The van der Waals surface area contributed by atoms with Crippen LogP contribution in [-0.2, 0) is 4.79 Å². The standard InChI is InChI=1S/C13H24O2/c14-11-7-2-1-4-8-13(12-15)9-5-3-6-10-13/h12,14H,1-11H2. The predicted octanol–water partition coefficient (Wildman–Crippen LogP) is 3.08. The molecule has 0 saturated heterocycles. The fourth-order valence-electron chi connectivity index (χ4n) is 2.63. The van der Waals surface area contributed by atoms with E-state index in [9.17, 15) is 4.79 Å². The molecule has 1 fully saturated rings. The monoisotopic (exact) mass is 212 g/mol. The van der Waals surface area contributed by atoms with Gasteiger partial charge in [0.25, 0.3) is 0 Å². The van der Waals surface area contributed by atoms with Crippen LogP contribution in [0.4, 0.5) is 0 Å². The van der Waals surface area contributed by atoms with Crippen molar-refractivity contribution in [3.63, 3.8) is 0 Å². The zero-order chi connectivity index (χ0) is 11.0. The molecule has 0 aliphatic heterocycles. The van der Waals surface area contributed by atoms with Crippen molar-refractivity contribution in [3.8, 4) is 0 Å². The highest BCUT2D eigenvalue weighted by Crippen LogP contribution is 2.38. The van der Waals surface area contributed by atoms with E-state index in [1.165, 1.54) is 25.5 Å². The van der Waals surface area contributed by atoms with Crippen LogP contribution in [0.5, 0.6) is 0 Å². The van der Waals surface area contributed by atoms with Crippen molar-refractivity contribution >= 4 is 6.29 Å². The Bertz CT molecular complexity index is 171. The number of carbonyl (C=O) groups excluding carboxylic acids is 1. The molecule has 2 heteroatoms. The zero-order valence-electron chi connectivity index (χ0n) is 9.71. The minimum atomic E-state index is 0.0253. The zero-order valence-corrected chi connectivity index (χ0v) is 9.71. The van der Waals surface area contributed by atoms with E-state index in [0.29, 0.717) is 6.61 Å². The SMILES string of the molecule is O=CC1(CCCCCCO)CCCCC1. The molecule has 0 bridgehead atoms. The lowest BCUT2D eigenvalue weighted by molar-refractivity contribution is -0.118. The highest BCUT2D eigenvalue weighted by atomic mass is 16.2. The Kier molecular flexibility index (Phi) is 5.92. The van der Waals surface area contributed by atoms with Crippen LogP contribution in [-0.4, -0.2) is 18.0 Å². The lowest BCUT2D eigenvalue weighted by Crippen LogP contribution is -2.25. The van der Waals surface area contributed by atoms with Crippen LogP contribution in [0.3, 0.4) is 0 Å². The summed E-state index contributed by atoms with van der Waals surface area (Å²) >= 11 is 0. The van der Waals surface area contributed by atoms with Gasteiger partial charge in [0.15, 0.2) is 0 Å². The van der Waals surface area contributed by atoms with Gasteiger partial charge >= 0.3 is 0 Å². The summed E-state index contributed by atoms with van der Waals surface area (Å²) in [6.07, 6.45) is 12.6. The molecule has 0 aromatic carbocycles. The van der Waals surface area contributed by atoms with Crippen molar-refractivity contribution in [1.29, 1.82) is 0 Å². The maximum Gasteiger partial charge on any atom is 0.126 e. The molecular formula is C13H24O2. The van der Waals surface area contributed by atoms with E-state index in [-0.39, 0.29) is 5.41 Å². The van der Waals surface area contributed by atoms with E-state index in [1.807, 2.05) is 0 Å². The molecule has 1 rings (SSSR count). The normalized spacial score (nSPS) is 20.1. The van der Waals surface area contributed by atoms with Crippen LogP contribution in [0.1, 0.15) is 64.2 Å². The molecule has 1 N–H and O–H groups in total. The molecule has 0 heterocycles. The van der Waals surface area contributed by atoms with E-state index >= 15 is 0 Å². The average Bonchev–Trinajstić information content (AvgIpc) is 2.30. The first kappa shape index (κ1) is 12.7. The fraction of sp³-hybridized carbons (Fsp3) is 0.923. The second kappa shape index (κ2) is 7.00. The van der Waals surface area contributed by atoms with Gasteiger partial charge in [0.2, 0.25) is 0 Å². The van der Waals surface area contributed by atoms with Gasteiger partial charge in [0.1, 0.15) is 6.29 Å². The second-order valence-electron chi connectivity index (χ2n) is 4.93. The van der Waals surface area contributed by atoms with Gasteiger partial charge in [-0.2, -0.15) is 0 Å². The third-order valence-electron chi connectivity index (χ3n) is 3.68. The number of hydrogen-bond acceptors (Lipinski definition) is 2. The number of aliphatic hydroxyl groups is 1. The van der Waals surface area contributed by atoms with Crippen LogP contribution in [0.2, 0.25) is 0 Å². The molecule has 0 aromatic heterocycles. The highest BCUT2D eigenvalue weighted by molar-refractivity contribution is 5.59. The van der Waals surface area contributed by atoms with Gasteiger partial charge in [-0.3, -0.25) is 0 Å². The Balaban J connectivity index is 2.18. The molecule has 88 valence electrons. The fourth-order valence-corrected chi connectivity index (χ4v) is 2.63. The Morgan fingerprint density at radius 3 is 2.27 bits per heavy atom. The summed E-state index contributed by atoms with van der Waals surface area (Å²) in [5.41, 5.74) is 0.0253. The molecule has 15 heavy (non-hydrogen) atoms. The van der Waals surface area contributed by atoms with Crippen molar-refractivity contribution in [1.82, 2.24) is 0 Å². The van der Waals surface area contributed by atoms with Crippen molar-refractivity contribution in [3.05, 3.63) is 0 Å². The first-order valence-electron chi connectivity index (χ1n) is 6.40. The summed E-state index contributed by atoms with van der Waals surface area (Å²) in [4.78, 5) is 11.2. The van der Waals surface area contributed by atoms with Crippen molar-refractivity contribution in [2.45, 2.75) is 64.2 Å². The summed E-state index contributed by atoms with van der Waals surface area (Å²) < 4.78 is 0. The molecule has 0 spiro atoms. The lowest BCUT2D eigenvalue weighted by atomic mass is 9.72. The van der Waals surface area contributed by atoms with Gasteiger partial charge in [-0.05, 0) is 25.7 Å². The Morgan fingerprint density at radius 2 is 1.67 bits per heavy atom. The van der Waals surface area contributed by atoms with E-state index in [1.54, 1.807) is 0 Å². The summed E-state index contributed by atoms with van der Waals surface area (Å²) in [6, 6.07) is 0. The first-order valence-corrected chi connectivity index (χ1v) is 6.40. The third-order valence-corrected chi connectivity index (χ3v) is 3.68. The number of rotatable bonds is 7. The van der Waals surface area contributed by atoms with Crippen LogP contribution in [0, 0.1) is 5.41 Å². The maximum atomic E-state index is 11.2. The first-order chi connectivity index (χ1) is 7.33. The molecule has 1 saturated carbocycles. The highest BCUT2D eigenvalue weighted by Gasteiger charge is 2.30. The van der Waals surface area contributed by atoms with E-state index in [0.717, 1.165) is 44.9 Å². The number of aliphatic hydroxyl groups excluding tert-OH is 1. The van der Waals surface area contributed by atoms with Gasteiger partial charge in [0.05, 0.1) is 0 Å². The van der Waals surface area contributed by atoms with Crippen LogP contribution in [0.25, 0.3) is 0 Å². The molecular weight excluding hydrogens is 188 g/mol. The van der Waals surface area contributed by atoms with Gasteiger partial charge in [-0.15, -0.1) is 0 Å². The molecule has 2 nitrogen and oxygen atoms in total. The minimum Gasteiger partial charge on any atom is -0.396 e. The summed E-state index contributed by atoms with van der Waals surface area (Å²) in [5, 5.41) is 8.65. The largest absolute Gasteiger partial charge is 0.396 e. The van der Waals surface area contributed by atoms with Gasteiger partial charge in [-0.25, -0.2) is 0 Å². The predicted molar refractivity (Wildman–Crippen MR) is 61.8 cm³/mol. The third kappa shape index (κ3) is 4.33. The minimum absolute atomic E-state index is 0.0253. The smallest absolute Gasteiger partial charge is 0.126 e. The Hall–Kier alpha value is -0.370. The molecule has 0 amide bonds. The van der Waals surface area contributed by atoms with Crippen molar-refractivity contribution in [2.24, 2.45) is 5.41 Å². The number of carbonyl (C=O) groups is 1. The molecule has 1 aliphatic carbocycles. The Labute approximate surface area is 93.1 Å². The average molecular weight is 212 g/mol. The number of hydrogen-bond donors (Lipinski definition) is 1. The van der Waals surface area contributed by atoms with Crippen molar-refractivity contribution in [2.75, 3.05) is 6.61 Å². The van der Waals surface area contributed by atoms with Crippen LogP contribution in [0.15, 0.2) is 0 Å². The molecule has 0 atom stereocenters. The lowest BCUT2D eigenvalue weighted by Gasteiger charge is -2.32. The van der Waals surface area contributed by atoms with Gasteiger partial charge in [-0.1, -0.05) is 38.5 Å². The summed E-state index contributed by atoms with van der Waals surface area (Å²) in [5.74, 6) is 0. The van der Waals surface area contributed by atoms with E-state index < -0.39 is 0 Å². The van der Waals surface area contributed by atoms with Crippen LogP contribution >= 0.6 is 0 Å². The topological polar surface area (TPSA) is 37.3 Å². The van der Waals surface area contributed by atoms with Gasteiger partial charge < -0.3 is 9.90 Å². The van der Waals surface area contributed by atoms with Gasteiger partial charge in [0, 0.05) is 12.0 Å². The molecule has 1 aliphatic rings. The molecule has 0 aromatic rings. The Morgan fingerprint density at radius 1 is 1.00 bits per heavy atom. The van der Waals surface area contributed by atoms with E-state index in [4.69, 9.17) is 5.11 Å². The maximum absolute atomic E-state index is 11.2. The molecule has 0 radical (unpaired) electrons. The molecule has 0 unspecified atom stereocenters. The van der Waals surface area contributed by atoms with Crippen molar-refractivity contribution < 1.29 is 9.90 Å². The number of aldehydes is 1. The quantitative estimate of drug-likeness (QED) is 0.520. The summed E-state index contributed by atoms with van der Waals surface area (Å²) in [7, 11) is 0. The summed E-state index contributed by atoms with van der Waals surface area (Å²) in [6.45, 7) is 0.304.